The largest absolute Gasteiger partial charge is 0.475 e. The van der Waals surface area contributed by atoms with Gasteiger partial charge in [-0.15, -0.1) is 0 Å². The van der Waals surface area contributed by atoms with E-state index in [1.807, 2.05) is 34.6 Å². The van der Waals surface area contributed by atoms with Gasteiger partial charge in [0, 0.05) is 12.6 Å². The van der Waals surface area contributed by atoms with Crippen molar-refractivity contribution in [1.82, 2.24) is 20.9 Å². The first-order valence-electron chi connectivity index (χ1n) is 13.0. The molecule has 1 aliphatic heterocycles. The zero-order chi connectivity index (χ0) is 25.5. The van der Waals surface area contributed by atoms with Crippen LogP contribution >= 0.6 is 0 Å². The second-order valence-electron chi connectivity index (χ2n) is 11.1. The van der Waals surface area contributed by atoms with Crippen molar-refractivity contribution in [1.29, 1.82) is 0 Å². The van der Waals surface area contributed by atoms with E-state index in [1.54, 1.807) is 4.90 Å². The van der Waals surface area contributed by atoms with E-state index in [-0.39, 0.29) is 35.2 Å². The first-order chi connectivity index (χ1) is 16.0. The lowest BCUT2D eigenvalue weighted by atomic mass is 9.76. The molecule has 9 nitrogen and oxygen atoms in total. The van der Waals surface area contributed by atoms with Crippen molar-refractivity contribution in [3.8, 4) is 0 Å². The van der Waals surface area contributed by atoms with E-state index >= 15 is 0 Å². The number of likely N-dealkylation sites (tertiary alicyclic amines) is 1. The molecule has 1 aliphatic carbocycles. The molecule has 0 aromatic carbocycles. The Hall–Kier alpha value is -1.81. The maximum atomic E-state index is 13.7. The minimum atomic E-state index is -1.65. The lowest BCUT2D eigenvalue weighted by molar-refractivity contribution is -0.141. The van der Waals surface area contributed by atoms with Crippen molar-refractivity contribution >= 4 is 25.0 Å². The van der Waals surface area contributed by atoms with Crippen LogP contribution in [0.4, 0.5) is 4.79 Å². The number of amides is 4. The first kappa shape index (κ1) is 28.4. The van der Waals surface area contributed by atoms with E-state index < -0.39 is 25.1 Å². The van der Waals surface area contributed by atoms with Gasteiger partial charge in [0.05, 0.1) is 5.94 Å². The van der Waals surface area contributed by atoms with Crippen LogP contribution in [0.15, 0.2) is 0 Å². The van der Waals surface area contributed by atoms with Crippen LogP contribution < -0.4 is 16.0 Å². The molecule has 0 unspecified atom stereocenters. The highest BCUT2D eigenvalue weighted by Gasteiger charge is 2.41. The molecule has 1 saturated carbocycles. The van der Waals surface area contributed by atoms with E-state index in [4.69, 9.17) is 0 Å². The number of hydrogen-bond donors (Lipinski definition) is 5. The third-order valence-electron chi connectivity index (χ3n) is 7.45. The second-order valence-corrected chi connectivity index (χ2v) is 11.1. The molecule has 0 aromatic heterocycles. The third-order valence-corrected chi connectivity index (χ3v) is 7.45. The second kappa shape index (κ2) is 12.8. The Morgan fingerprint density at radius 1 is 1.00 bits per heavy atom. The van der Waals surface area contributed by atoms with Crippen LogP contribution in [-0.4, -0.2) is 70.5 Å². The predicted octanol–water partition coefficient (Wildman–Crippen LogP) is 1.96. The summed E-state index contributed by atoms with van der Waals surface area (Å²) in [7, 11) is -1.65. The van der Waals surface area contributed by atoms with E-state index in [1.165, 1.54) is 0 Å². The zero-order valence-corrected chi connectivity index (χ0v) is 21.6. The molecular weight excluding hydrogens is 435 g/mol. The number of carbonyl (C=O) groups excluding carboxylic acids is 3. The summed E-state index contributed by atoms with van der Waals surface area (Å²) >= 11 is 0. The van der Waals surface area contributed by atoms with Crippen molar-refractivity contribution in [3.63, 3.8) is 0 Å². The van der Waals surface area contributed by atoms with Gasteiger partial charge in [0.15, 0.2) is 0 Å². The van der Waals surface area contributed by atoms with Gasteiger partial charge in [0.25, 0.3) is 0 Å². The maximum absolute atomic E-state index is 13.7. The number of nitrogens with zero attached hydrogens (tertiary/aromatic N) is 1. The fourth-order valence-corrected chi connectivity index (χ4v) is 4.81. The summed E-state index contributed by atoms with van der Waals surface area (Å²) in [5.41, 5.74) is -0.119. The lowest BCUT2D eigenvalue weighted by Gasteiger charge is -2.36. The summed E-state index contributed by atoms with van der Waals surface area (Å²) in [6, 6.07) is -1.80. The minimum absolute atomic E-state index is 0.0355. The summed E-state index contributed by atoms with van der Waals surface area (Å²) in [4.78, 5) is 41.2. The summed E-state index contributed by atoms with van der Waals surface area (Å²) in [5, 5.41) is 27.8. The van der Waals surface area contributed by atoms with Gasteiger partial charge in [0.1, 0.15) is 12.1 Å². The molecule has 194 valence electrons. The summed E-state index contributed by atoms with van der Waals surface area (Å²) in [6.45, 7) is 10.4. The molecule has 0 spiro atoms. The van der Waals surface area contributed by atoms with E-state index in [0.29, 0.717) is 32.2 Å². The highest BCUT2D eigenvalue weighted by Crippen LogP contribution is 2.29. The minimum Gasteiger partial charge on any atom is -0.426 e. The van der Waals surface area contributed by atoms with Gasteiger partial charge in [-0.25, -0.2) is 4.79 Å². The van der Waals surface area contributed by atoms with Gasteiger partial charge in [-0.1, -0.05) is 53.4 Å². The molecule has 34 heavy (non-hydrogen) atoms. The Bertz CT molecular complexity index is 693. The Kier molecular flexibility index (Phi) is 10.7. The Balaban J connectivity index is 2.15. The van der Waals surface area contributed by atoms with Gasteiger partial charge in [-0.2, -0.15) is 0 Å². The molecule has 5 N–H and O–H groups in total. The monoisotopic (exact) mass is 480 g/mol. The molecular formula is C24H45BN4O5. The van der Waals surface area contributed by atoms with E-state index in [9.17, 15) is 24.4 Å². The fourth-order valence-electron chi connectivity index (χ4n) is 4.81. The predicted molar refractivity (Wildman–Crippen MR) is 133 cm³/mol. The Morgan fingerprint density at radius 2 is 1.65 bits per heavy atom. The average molecular weight is 480 g/mol. The Labute approximate surface area is 204 Å². The van der Waals surface area contributed by atoms with Crippen LogP contribution in [0.25, 0.3) is 0 Å². The SMILES string of the molecule is CCC[C@H](NC(=O)[C@@H]1CCCN1C(=O)[C@@H](NC(=O)N[C@H](C)C(C)(C)C)C1CCCCC1)B(O)O. The molecule has 10 heteroatoms. The quantitative estimate of drug-likeness (QED) is 0.322. The van der Waals surface area contributed by atoms with Crippen molar-refractivity contribution < 1.29 is 24.4 Å². The molecule has 2 rings (SSSR count). The smallest absolute Gasteiger partial charge is 0.426 e. The summed E-state index contributed by atoms with van der Waals surface area (Å²) in [5.74, 6) is -1.33. The fraction of sp³-hybridized carbons (Fsp3) is 0.875. The molecule has 1 heterocycles. The number of urea groups is 1. The third kappa shape index (κ3) is 7.87. The molecule has 4 amide bonds. The van der Waals surface area contributed by atoms with Crippen LogP contribution in [0.2, 0.25) is 0 Å². The summed E-state index contributed by atoms with van der Waals surface area (Å²) < 4.78 is 0. The van der Waals surface area contributed by atoms with Gasteiger partial charge >= 0.3 is 13.1 Å². The van der Waals surface area contributed by atoms with E-state index in [0.717, 1.165) is 32.1 Å². The van der Waals surface area contributed by atoms with Crippen molar-refractivity contribution in [3.05, 3.63) is 0 Å². The molecule has 0 aromatic rings. The normalized spacial score (nSPS) is 22.0. The number of carbonyl (C=O) groups is 3. The zero-order valence-electron chi connectivity index (χ0n) is 21.6. The van der Waals surface area contributed by atoms with Gasteiger partial charge in [0.2, 0.25) is 11.8 Å². The number of hydrogen-bond acceptors (Lipinski definition) is 5. The number of nitrogens with one attached hydrogen (secondary N) is 3. The van der Waals surface area contributed by atoms with Crippen LogP contribution in [0.5, 0.6) is 0 Å². The Morgan fingerprint density at radius 3 is 2.21 bits per heavy atom. The van der Waals surface area contributed by atoms with Gasteiger partial charge in [-0.05, 0) is 50.4 Å². The molecule has 0 radical (unpaired) electrons. The highest BCUT2D eigenvalue weighted by atomic mass is 16.4. The topological polar surface area (TPSA) is 131 Å². The first-order valence-corrected chi connectivity index (χ1v) is 13.0. The van der Waals surface area contributed by atoms with Crippen LogP contribution in [0, 0.1) is 11.3 Å². The molecule has 0 bridgehead atoms. The van der Waals surface area contributed by atoms with Crippen molar-refractivity contribution in [2.45, 2.75) is 116 Å². The van der Waals surface area contributed by atoms with Crippen molar-refractivity contribution in [2.24, 2.45) is 11.3 Å². The molecule has 4 atom stereocenters. The van der Waals surface area contributed by atoms with Crippen LogP contribution in [-0.2, 0) is 9.59 Å². The van der Waals surface area contributed by atoms with E-state index in [2.05, 4.69) is 16.0 Å². The van der Waals surface area contributed by atoms with Crippen LogP contribution in [0.3, 0.4) is 0 Å². The lowest BCUT2D eigenvalue weighted by Crippen LogP contribution is -2.59. The van der Waals surface area contributed by atoms with Gasteiger partial charge in [-0.3, -0.25) is 9.59 Å². The average Bonchev–Trinajstić information content (AvgIpc) is 3.26. The maximum Gasteiger partial charge on any atom is 0.475 e. The molecule has 2 fully saturated rings. The number of rotatable bonds is 9. The highest BCUT2D eigenvalue weighted by molar-refractivity contribution is 6.43. The summed E-state index contributed by atoms with van der Waals surface area (Å²) in [6.07, 6.45) is 7.23. The molecule has 2 aliphatic rings. The standard InChI is InChI=1S/C24H45BN4O5/c1-6-11-19(25(33)34)27-21(30)18-14-10-15-29(18)22(31)20(17-12-8-7-9-13-17)28-23(32)26-16(2)24(3,4)5/h16-20,33-34H,6-15H2,1-5H3,(H,27,30)(H2,26,28,32)/t16-,18+,19+,20+/m1/s1. The van der Waals surface area contributed by atoms with Gasteiger partial charge < -0.3 is 30.9 Å². The van der Waals surface area contributed by atoms with Crippen molar-refractivity contribution in [2.75, 3.05) is 6.54 Å². The van der Waals surface area contributed by atoms with Crippen LogP contribution in [0.1, 0.15) is 92.4 Å². The molecule has 1 saturated heterocycles.